The first kappa shape index (κ1) is 9.85. The van der Waals surface area contributed by atoms with Crippen molar-refractivity contribution < 1.29 is 4.39 Å². The SMILES string of the molecule is FC1=CC=C2Sc3ccccc3N=CC2C1. The van der Waals surface area contributed by atoms with E-state index in [4.69, 9.17) is 0 Å². The van der Waals surface area contributed by atoms with Crippen LogP contribution in [0.5, 0.6) is 0 Å². The van der Waals surface area contributed by atoms with Gasteiger partial charge in [-0.2, -0.15) is 0 Å². The molecule has 1 heterocycles. The summed E-state index contributed by atoms with van der Waals surface area (Å²) in [7, 11) is 0. The summed E-state index contributed by atoms with van der Waals surface area (Å²) in [6, 6.07) is 8.01. The number of aliphatic imine (C=N–C) groups is 1. The Balaban J connectivity index is 2.04. The number of halogens is 1. The number of hydrogen-bond donors (Lipinski definition) is 0. The molecule has 0 aromatic heterocycles. The van der Waals surface area contributed by atoms with Crippen molar-refractivity contribution in [1.82, 2.24) is 0 Å². The van der Waals surface area contributed by atoms with Gasteiger partial charge in [-0.25, -0.2) is 4.39 Å². The van der Waals surface area contributed by atoms with E-state index in [0.29, 0.717) is 6.42 Å². The van der Waals surface area contributed by atoms with Gasteiger partial charge in [0.1, 0.15) is 5.83 Å². The van der Waals surface area contributed by atoms with E-state index in [9.17, 15) is 4.39 Å². The quantitative estimate of drug-likeness (QED) is 0.650. The Bertz CT molecular complexity index is 516. The van der Waals surface area contributed by atoms with Gasteiger partial charge >= 0.3 is 0 Å². The molecule has 2 aliphatic rings. The second kappa shape index (κ2) is 3.91. The Morgan fingerprint density at radius 2 is 2.12 bits per heavy atom. The van der Waals surface area contributed by atoms with Crippen LogP contribution in [0.25, 0.3) is 0 Å². The van der Waals surface area contributed by atoms with Gasteiger partial charge in [0, 0.05) is 23.4 Å². The second-order valence-electron chi connectivity index (χ2n) is 3.84. The van der Waals surface area contributed by atoms with Crippen LogP contribution in [0.3, 0.4) is 0 Å². The molecule has 1 atom stereocenters. The van der Waals surface area contributed by atoms with Crippen molar-refractivity contribution in [2.75, 3.05) is 0 Å². The predicted molar refractivity (Wildman–Crippen MR) is 65.8 cm³/mol. The third kappa shape index (κ3) is 1.71. The monoisotopic (exact) mass is 231 g/mol. The summed E-state index contributed by atoms with van der Waals surface area (Å²) in [6.07, 6.45) is 5.72. The van der Waals surface area contributed by atoms with Crippen LogP contribution in [0.4, 0.5) is 10.1 Å². The largest absolute Gasteiger partial charge is 0.259 e. The van der Waals surface area contributed by atoms with E-state index in [1.54, 1.807) is 17.8 Å². The van der Waals surface area contributed by atoms with Crippen molar-refractivity contribution >= 4 is 23.7 Å². The maximum Gasteiger partial charge on any atom is 0.101 e. The topological polar surface area (TPSA) is 12.4 Å². The van der Waals surface area contributed by atoms with E-state index in [0.717, 1.165) is 10.6 Å². The summed E-state index contributed by atoms with van der Waals surface area (Å²) < 4.78 is 13.2. The third-order valence-electron chi connectivity index (χ3n) is 2.70. The highest BCUT2D eigenvalue weighted by molar-refractivity contribution is 8.03. The van der Waals surface area contributed by atoms with E-state index in [1.807, 2.05) is 30.5 Å². The summed E-state index contributed by atoms with van der Waals surface area (Å²) in [5, 5.41) is 0. The second-order valence-corrected chi connectivity index (χ2v) is 4.96. The molecule has 0 bridgehead atoms. The minimum Gasteiger partial charge on any atom is -0.259 e. The number of benzene rings is 1. The molecule has 0 N–H and O–H groups in total. The minimum absolute atomic E-state index is 0.0632. The smallest absolute Gasteiger partial charge is 0.101 e. The number of fused-ring (bicyclic) bond motifs is 2. The fourth-order valence-corrected chi connectivity index (χ4v) is 2.92. The summed E-state index contributed by atoms with van der Waals surface area (Å²) in [5.41, 5.74) is 0.975. The van der Waals surface area contributed by atoms with Crippen LogP contribution in [-0.2, 0) is 0 Å². The molecule has 1 aliphatic heterocycles. The lowest BCUT2D eigenvalue weighted by molar-refractivity contribution is 0.565. The number of thioether (sulfide) groups is 1. The number of para-hydroxylation sites is 1. The fraction of sp³-hybridized carbons (Fsp3) is 0.154. The van der Waals surface area contributed by atoms with E-state index in [1.165, 1.54) is 4.91 Å². The highest BCUT2D eigenvalue weighted by Gasteiger charge is 2.21. The first-order valence-electron chi connectivity index (χ1n) is 5.20. The van der Waals surface area contributed by atoms with Gasteiger partial charge in [-0.1, -0.05) is 23.9 Å². The maximum absolute atomic E-state index is 13.2. The average Bonchev–Trinajstić information content (AvgIpc) is 2.48. The van der Waals surface area contributed by atoms with Gasteiger partial charge in [-0.05, 0) is 29.2 Å². The van der Waals surface area contributed by atoms with Crippen LogP contribution in [0.15, 0.2) is 57.0 Å². The van der Waals surface area contributed by atoms with Crippen LogP contribution in [0.2, 0.25) is 0 Å². The van der Waals surface area contributed by atoms with Gasteiger partial charge < -0.3 is 0 Å². The highest BCUT2D eigenvalue weighted by Crippen LogP contribution is 2.43. The molecule has 1 aromatic carbocycles. The normalized spacial score (nSPS) is 22.7. The first-order valence-corrected chi connectivity index (χ1v) is 6.02. The average molecular weight is 231 g/mol. The Kier molecular flexibility index (Phi) is 2.40. The van der Waals surface area contributed by atoms with Crippen LogP contribution in [0.1, 0.15) is 6.42 Å². The standard InChI is InChI=1S/C13H10FNS/c14-10-5-6-12-9(7-10)8-15-11-3-1-2-4-13(11)16-12/h1-6,8-9H,7H2. The van der Waals surface area contributed by atoms with Crippen molar-refractivity contribution in [1.29, 1.82) is 0 Å². The first-order chi connectivity index (χ1) is 7.83. The van der Waals surface area contributed by atoms with E-state index < -0.39 is 0 Å². The van der Waals surface area contributed by atoms with Gasteiger partial charge in [0.15, 0.2) is 0 Å². The fourth-order valence-electron chi connectivity index (χ4n) is 1.86. The van der Waals surface area contributed by atoms with Crippen molar-refractivity contribution in [2.24, 2.45) is 10.9 Å². The Morgan fingerprint density at radius 3 is 3.06 bits per heavy atom. The summed E-state index contributed by atoms with van der Waals surface area (Å²) in [6.45, 7) is 0. The Hall–Kier alpha value is -1.35. The van der Waals surface area contributed by atoms with Crippen molar-refractivity contribution in [3.8, 4) is 0 Å². The Morgan fingerprint density at radius 1 is 1.25 bits per heavy atom. The zero-order chi connectivity index (χ0) is 11.0. The molecule has 3 heteroatoms. The molecule has 16 heavy (non-hydrogen) atoms. The van der Waals surface area contributed by atoms with Gasteiger partial charge in [-0.3, -0.25) is 4.99 Å². The number of rotatable bonds is 0. The van der Waals surface area contributed by atoms with E-state index in [-0.39, 0.29) is 11.7 Å². The van der Waals surface area contributed by atoms with E-state index in [2.05, 4.69) is 11.1 Å². The van der Waals surface area contributed by atoms with E-state index >= 15 is 0 Å². The van der Waals surface area contributed by atoms with Crippen molar-refractivity contribution in [3.05, 3.63) is 47.1 Å². The lowest BCUT2D eigenvalue weighted by Gasteiger charge is -2.16. The molecule has 0 spiro atoms. The maximum atomic E-state index is 13.2. The number of allylic oxidation sites excluding steroid dienone is 4. The van der Waals surface area contributed by atoms with Crippen LogP contribution < -0.4 is 0 Å². The molecule has 3 rings (SSSR count). The zero-order valence-corrected chi connectivity index (χ0v) is 9.38. The van der Waals surface area contributed by atoms with Crippen LogP contribution in [0, 0.1) is 5.92 Å². The molecule has 80 valence electrons. The lowest BCUT2D eigenvalue weighted by atomic mass is 10.0. The molecular weight excluding hydrogens is 221 g/mol. The molecule has 0 amide bonds. The Labute approximate surface area is 97.8 Å². The van der Waals surface area contributed by atoms with Crippen molar-refractivity contribution in [2.45, 2.75) is 11.3 Å². The van der Waals surface area contributed by atoms with Crippen LogP contribution in [-0.4, -0.2) is 6.21 Å². The van der Waals surface area contributed by atoms with Gasteiger partial charge in [-0.15, -0.1) is 0 Å². The molecule has 1 nitrogen and oxygen atoms in total. The van der Waals surface area contributed by atoms with Gasteiger partial charge in [0.25, 0.3) is 0 Å². The third-order valence-corrected chi connectivity index (χ3v) is 3.94. The summed E-state index contributed by atoms with van der Waals surface area (Å²) >= 11 is 1.69. The number of hydrogen-bond acceptors (Lipinski definition) is 2. The molecule has 0 fully saturated rings. The predicted octanol–water partition coefficient (Wildman–Crippen LogP) is 4.25. The van der Waals surface area contributed by atoms with Crippen LogP contribution >= 0.6 is 11.8 Å². The lowest BCUT2D eigenvalue weighted by Crippen LogP contribution is -2.06. The zero-order valence-electron chi connectivity index (χ0n) is 8.56. The summed E-state index contributed by atoms with van der Waals surface area (Å²) in [5.74, 6) is 0.0363. The summed E-state index contributed by atoms with van der Waals surface area (Å²) in [4.78, 5) is 6.74. The molecule has 1 unspecified atom stereocenters. The molecule has 1 aliphatic carbocycles. The van der Waals surface area contributed by atoms with Gasteiger partial charge in [0.05, 0.1) is 5.69 Å². The highest BCUT2D eigenvalue weighted by atomic mass is 32.2. The molecular formula is C13H10FNS. The van der Waals surface area contributed by atoms with Crippen molar-refractivity contribution in [3.63, 3.8) is 0 Å². The molecule has 0 saturated heterocycles. The van der Waals surface area contributed by atoms with Gasteiger partial charge in [0.2, 0.25) is 0 Å². The molecule has 0 saturated carbocycles. The molecule has 0 radical (unpaired) electrons. The minimum atomic E-state index is -0.0632. The number of nitrogens with zero attached hydrogens (tertiary/aromatic N) is 1. The molecule has 1 aromatic rings.